The van der Waals surface area contributed by atoms with Crippen molar-refractivity contribution >= 4 is 5.97 Å². The molecule has 0 saturated heterocycles. The number of ether oxygens (including phenoxy) is 1. The van der Waals surface area contributed by atoms with E-state index in [0.29, 0.717) is 12.0 Å². The van der Waals surface area contributed by atoms with Gasteiger partial charge in [0.1, 0.15) is 0 Å². The van der Waals surface area contributed by atoms with E-state index in [1.54, 1.807) is 6.92 Å². The standard InChI is InChI=1S/C7H12O3.2Na.2H/c1-6(2)7(9)10-5-3-4-8;;;;/h8H,1,3-5H2,2H3;;;;/q;2*+1;2*-1. The van der Waals surface area contributed by atoms with Gasteiger partial charge in [-0.3, -0.25) is 0 Å². The first-order valence-corrected chi connectivity index (χ1v) is 3.12. The molecule has 0 heterocycles. The average molecular weight is 192 g/mol. The summed E-state index contributed by atoms with van der Waals surface area (Å²) in [6.07, 6.45) is 0.485. The summed E-state index contributed by atoms with van der Waals surface area (Å²) < 4.78 is 4.65. The minimum absolute atomic E-state index is 0. The molecular formula is C7H14Na2O3. The number of hydrogen-bond donors (Lipinski definition) is 1. The second kappa shape index (κ2) is 12.2. The van der Waals surface area contributed by atoms with Gasteiger partial charge in [0, 0.05) is 18.6 Å². The van der Waals surface area contributed by atoms with Crippen molar-refractivity contribution in [2.45, 2.75) is 13.3 Å². The minimum Gasteiger partial charge on any atom is -1.00 e. The summed E-state index contributed by atoms with van der Waals surface area (Å²) in [6, 6.07) is 0. The van der Waals surface area contributed by atoms with Gasteiger partial charge < -0.3 is 12.7 Å². The predicted molar refractivity (Wildman–Crippen MR) is 39.7 cm³/mol. The van der Waals surface area contributed by atoms with Crippen molar-refractivity contribution in [3.05, 3.63) is 12.2 Å². The third-order valence-electron chi connectivity index (χ3n) is 0.884. The number of hydrogen-bond acceptors (Lipinski definition) is 3. The van der Waals surface area contributed by atoms with Crippen LogP contribution in [-0.2, 0) is 9.53 Å². The van der Waals surface area contributed by atoms with Gasteiger partial charge in [-0.25, -0.2) is 4.79 Å². The summed E-state index contributed by atoms with van der Waals surface area (Å²) >= 11 is 0. The second-order valence-corrected chi connectivity index (χ2v) is 1.99. The molecule has 1 N–H and O–H groups in total. The van der Waals surface area contributed by atoms with Crippen molar-refractivity contribution in [3.8, 4) is 0 Å². The van der Waals surface area contributed by atoms with E-state index in [0.717, 1.165) is 0 Å². The van der Waals surface area contributed by atoms with Crippen molar-refractivity contribution < 1.29 is 76.6 Å². The Bertz CT molecular complexity index is 145. The van der Waals surface area contributed by atoms with Crippen LogP contribution in [0, 0.1) is 0 Å². The molecule has 0 aliphatic carbocycles. The SMILES string of the molecule is C=C(C)C(=O)OCCCO.[H-].[H-].[Na+].[Na+]. The molecule has 62 valence electrons. The zero-order valence-corrected chi connectivity index (χ0v) is 12.1. The van der Waals surface area contributed by atoms with E-state index in [2.05, 4.69) is 11.3 Å². The number of aliphatic hydroxyl groups is 1. The number of rotatable bonds is 4. The molecule has 3 nitrogen and oxygen atoms in total. The molecule has 0 radical (unpaired) electrons. The normalized spacial score (nSPS) is 7.50. The molecule has 5 heteroatoms. The van der Waals surface area contributed by atoms with Crippen LogP contribution in [0.3, 0.4) is 0 Å². The fourth-order valence-electron chi connectivity index (χ4n) is 0.353. The van der Waals surface area contributed by atoms with Gasteiger partial charge in [-0.15, -0.1) is 0 Å². The molecule has 0 atom stereocenters. The summed E-state index contributed by atoms with van der Waals surface area (Å²) in [5.74, 6) is -0.395. The van der Waals surface area contributed by atoms with E-state index in [1.807, 2.05) is 0 Å². The van der Waals surface area contributed by atoms with Gasteiger partial charge in [0.2, 0.25) is 0 Å². The Morgan fingerprint density at radius 3 is 2.42 bits per heavy atom. The van der Waals surface area contributed by atoms with Crippen LogP contribution in [0.1, 0.15) is 16.2 Å². The second-order valence-electron chi connectivity index (χ2n) is 1.99. The van der Waals surface area contributed by atoms with Gasteiger partial charge in [0.05, 0.1) is 6.61 Å². The van der Waals surface area contributed by atoms with E-state index in [1.165, 1.54) is 0 Å². The molecule has 0 aromatic heterocycles. The van der Waals surface area contributed by atoms with Crippen LogP contribution in [0.4, 0.5) is 0 Å². The van der Waals surface area contributed by atoms with Gasteiger partial charge in [-0.05, 0) is 6.92 Å². The molecule has 0 rings (SSSR count). The van der Waals surface area contributed by atoms with Crippen LogP contribution in [0.5, 0.6) is 0 Å². The van der Waals surface area contributed by atoms with E-state index in [4.69, 9.17) is 5.11 Å². The predicted octanol–water partition coefficient (Wildman–Crippen LogP) is -5.28. The maximum atomic E-state index is 10.6. The molecule has 0 saturated carbocycles. The van der Waals surface area contributed by atoms with Crippen LogP contribution in [0.15, 0.2) is 12.2 Å². The van der Waals surface area contributed by atoms with Gasteiger partial charge in [-0.2, -0.15) is 0 Å². The summed E-state index contributed by atoms with van der Waals surface area (Å²) in [6.45, 7) is 5.29. The van der Waals surface area contributed by atoms with E-state index in [9.17, 15) is 4.79 Å². The van der Waals surface area contributed by atoms with E-state index in [-0.39, 0.29) is 75.2 Å². The first-order chi connectivity index (χ1) is 4.68. The number of carbonyl (C=O) groups excluding carboxylic acids is 1. The quantitative estimate of drug-likeness (QED) is 0.209. The maximum Gasteiger partial charge on any atom is 1.00 e. The first kappa shape index (κ1) is 18.9. The first-order valence-electron chi connectivity index (χ1n) is 3.12. The maximum absolute atomic E-state index is 10.6. The Morgan fingerprint density at radius 1 is 1.58 bits per heavy atom. The Balaban J connectivity index is -0.0000000675. The van der Waals surface area contributed by atoms with Crippen LogP contribution < -0.4 is 59.1 Å². The van der Waals surface area contributed by atoms with E-state index >= 15 is 0 Å². The van der Waals surface area contributed by atoms with Crippen molar-refractivity contribution in [1.82, 2.24) is 0 Å². The Labute approximate surface area is 120 Å². The molecule has 0 spiro atoms. The fraction of sp³-hybridized carbons (Fsp3) is 0.571. The Morgan fingerprint density at radius 2 is 2.08 bits per heavy atom. The van der Waals surface area contributed by atoms with Crippen LogP contribution in [0.25, 0.3) is 0 Å². The monoisotopic (exact) mass is 192 g/mol. The molecule has 0 aliphatic heterocycles. The average Bonchev–Trinajstić information content (AvgIpc) is 1.88. The molecule has 12 heavy (non-hydrogen) atoms. The van der Waals surface area contributed by atoms with Gasteiger partial charge in [0.25, 0.3) is 0 Å². The zero-order chi connectivity index (χ0) is 7.98. The Hall–Kier alpha value is 1.17. The topological polar surface area (TPSA) is 46.5 Å². The summed E-state index contributed by atoms with van der Waals surface area (Å²) in [7, 11) is 0. The van der Waals surface area contributed by atoms with Crippen LogP contribution in [0.2, 0.25) is 0 Å². The van der Waals surface area contributed by atoms with Crippen LogP contribution >= 0.6 is 0 Å². The summed E-state index contributed by atoms with van der Waals surface area (Å²) in [4.78, 5) is 10.6. The number of esters is 1. The third kappa shape index (κ3) is 11.2. The van der Waals surface area contributed by atoms with Gasteiger partial charge in [0.15, 0.2) is 0 Å². The molecule has 0 fully saturated rings. The third-order valence-corrected chi connectivity index (χ3v) is 0.884. The van der Waals surface area contributed by atoms with Crippen molar-refractivity contribution in [2.24, 2.45) is 0 Å². The number of carbonyl (C=O) groups is 1. The molecule has 0 aromatic rings. The molecular weight excluding hydrogens is 178 g/mol. The zero-order valence-electron chi connectivity index (χ0n) is 10.1. The van der Waals surface area contributed by atoms with Gasteiger partial charge >= 0.3 is 65.1 Å². The smallest absolute Gasteiger partial charge is 1.00 e. The van der Waals surface area contributed by atoms with Crippen molar-refractivity contribution in [3.63, 3.8) is 0 Å². The van der Waals surface area contributed by atoms with E-state index < -0.39 is 5.97 Å². The fourth-order valence-corrected chi connectivity index (χ4v) is 0.353. The van der Waals surface area contributed by atoms with Crippen molar-refractivity contribution in [2.75, 3.05) is 13.2 Å². The molecule has 0 aliphatic rings. The molecule has 0 aromatic carbocycles. The largest absolute Gasteiger partial charge is 1.00 e. The summed E-state index contributed by atoms with van der Waals surface area (Å²) in [5.41, 5.74) is 0.387. The number of aliphatic hydroxyl groups excluding tert-OH is 1. The van der Waals surface area contributed by atoms with Crippen molar-refractivity contribution in [1.29, 1.82) is 0 Å². The molecule has 0 unspecified atom stereocenters. The summed E-state index contributed by atoms with van der Waals surface area (Å²) in [5, 5.41) is 8.30. The Kier molecular flexibility index (Phi) is 19.1. The molecule has 0 bridgehead atoms. The van der Waals surface area contributed by atoms with Gasteiger partial charge in [-0.1, -0.05) is 6.58 Å². The molecule has 0 amide bonds. The van der Waals surface area contributed by atoms with Crippen LogP contribution in [-0.4, -0.2) is 24.3 Å². The minimum atomic E-state index is -0.395.